The summed E-state index contributed by atoms with van der Waals surface area (Å²) < 4.78 is 11.5. The molecule has 1 aromatic rings. The maximum Gasteiger partial charge on any atom is 0.166 e. The average molecular weight is 293 g/mol. The van der Waals surface area contributed by atoms with Gasteiger partial charge in [0.1, 0.15) is 0 Å². The van der Waals surface area contributed by atoms with Crippen molar-refractivity contribution in [3.05, 3.63) is 21.3 Å². The van der Waals surface area contributed by atoms with E-state index in [1.165, 1.54) is 0 Å². The van der Waals surface area contributed by atoms with Crippen molar-refractivity contribution in [3.8, 4) is 11.5 Å². The molecule has 0 aliphatic rings. The molecule has 0 spiro atoms. The molecule has 0 saturated carbocycles. The van der Waals surface area contributed by atoms with Gasteiger partial charge in [-0.25, -0.2) is 0 Å². The van der Waals surface area contributed by atoms with Crippen LogP contribution in [0.3, 0.4) is 0 Å². The van der Waals surface area contributed by atoms with E-state index in [0.717, 1.165) is 20.6 Å². The van der Waals surface area contributed by atoms with Crippen LogP contribution in [0.4, 0.5) is 0 Å². The molecule has 0 aliphatic heterocycles. The van der Waals surface area contributed by atoms with Gasteiger partial charge in [0.05, 0.1) is 14.2 Å². The summed E-state index contributed by atoms with van der Waals surface area (Å²) in [5.74, 6) is 1.46. The van der Waals surface area contributed by atoms with Crippen molar-refractivity contribution in [1.82, 2.24) is 0 Å². The van der Waals surface area contributed by atoms with Crippen LogP contribution in [0.1, 0.15) is 5.56 Å². The van der Waals surface area contributed by atoms with E-state index in [-0.39, 0.29) is 0 Å². The molecule has 0 amide bonds. The Kier molecular flexibility index (Phi) is 3.80. The first kappa shape index (κ1) is 10.6. The predicted octanol–water partition coefficient (Wildman–Crippen LogP) is 1.77. The molecule has 0 unspecified atom stereocenters. The van der Waals surface area contributed by atoms with Crippen molar-refractivity contribution in [2.75, 3.05) is 14.2 Å². The highest BCUT2D eigenvalue weighted by molar-refractivity contribution is 14.1. The van der Waals surface area contributed by atoms with E-state index in [2.05, 4.69) is 22.6 Å². The summed E-state index contributed by atoms with van der Waals surface area (Å²) in [4.78, 5) is 0. The molecule has 0 fully saturated rings. The number of methoxy groups -OCH3 is 2. The van der Waals surface area contributed by atoms with Crippen molar-refractivity contribution >= 4 is 22.6 Å². The molecule has 0 atom stereocenters. The number of benzene rings is 1. The van der Waals surface area contributed by atoms with Crippen molar-refractivity contribution in [2.24, 2.45) is 5.73 Å². The summed E-state index contributed by atoms with van der Waals surface area (Å²) in [5.41, 5.74) is 6.60. The largest absolute Gasteiger partial charge is 0.493 e. The zero-order valence-electron chi connectivity index (χ0n) is 7.63. The highest BCUT2D eigenvalue weighted by Gasteiger charge is 2.11. The molecule has 0 saturated heterocycles. The van der Waals surface area contributed by atoms with Gasteiger partial charge in [-0.2, -0.15) is 0 Å². The van der Waals surface area contributed by atoms with Crippen LogP contribution in [0.25, 0.3) is 0 Å². The fourth-order valence-electron chi connectivity index (χ4n) is 1.16. The van der Waals surface area contributed by atoms with Crippen molar-refractivity contribution < 1.29 is 9.47 Å². The van der Waals surface area contributed by atoms with Crippen LogP contribution < -0.4 is 15.2 Å². The smallest absolute Gasteiger partial charge is 0.166 e. The van der Waals surface area contributed by atoms with Gasteiger partial charge in [-0.05, 0) is 34.7 Å². The van der Waals surface area contributed by atoms with Crippen LogP contribution >= 0.6 is 22.6 Å². The maximum absolute atomic E-state index is 5.61. The van der Waals surface area contributed by atoms with Gasteiger partial charge in [-0.15, -0.1) is 0 Å². The lowest BCUT2D eigenvalue weighted by Crippen LogP contribution is -2.03. The minimum Gasteiger partial charge on any atom is -0.493 e. The van der Waals surface area contributed by atoms with E-state index in [0.29, 0.717) is 6.54 Å². The lowest BCUT2D eigenvalue weighted by molar-refractivity contribution is 0.351. The number of rotatable bonds is 3. The third-order valence-electron chi connectivity index (χ3n) is 1.80. The predicted molar refractivity (Wildman–Crippen MR) is 60.2 cm³/mol. The molecular formula is C9H12INO2. The maximum atomic E-state index is 5.61. The second kappa shape index (κ2) is 4.66. The lowest BCUT2D eigenvalue weighted by Gasteiger charge is -2.12. The first-order valence-electron chi connectivity index (χ1n) is 3.84. The molecule has 4 heteroatoms. The van der Waals surface area contributed by atoms with Crippen molar-refractivity contribution in [3.63, 3.8) is 0 Å². The summed E-state index contributed by atoms with van der Waals surface area (Å²) in [6.45, 7) is 0.457. The average Bonchev–Trinajstić information content (AvgIpc) is 2.17. The van der Waals surface area contributed by atoms with Crippen LogP contribution in [0.5, 0.6) is 11.5 Å². The van der Waals surface area contributed by atoms with Crippen LogP contribution in [0.2, 0.25) is 0 Å². The lowest BCUT2D eigenvalue weighted by atomic mass is 10.2. The summed E-state index contributed by atoms with van der Waals surface area (Å²) in [6, 6.07) is 3.84. The fourth-order valence-corrected chi connectivity index (χ4v) is 1.80. The third-order valence-corrected chi connectivity index (χ3v) is 2.81. The molecule has 2 N–H and O–H groups in total. The van der Waals surface area contributed by atoms with Gasteiger partial charge in [0.15, 0.2) is 11.5 Å². The quantitative estimate of drug-likeness (QED) is 0.864. The molecule has 0 bridgehead atoms. The molecule has 0 heterocycles. The fraction of sp³-hybridized carbons (Fsp3) is 0.333. The van der Waals surface area contributed by atoms with E-state index in [1.807, 2.05) is 12.1 Å². The SMILES string of the molecule is COc1ccc(I)c(CN)c1OC. The zero-order chi connectivity index (χ0) is 9.84. The monoisotopic (exact) mass is 293 g/mol. The van der Waals surface area contributed by atoms with Gasteiger partial charge < -0.3 is 15.2 Å². The van der Waals surface area contributed by atoms with Gasteiger partial charge in [-0.3, -0.25) is 0 Å². The molecule has 72 valence electrons. The molecule has 1 rings (SSSR count). The number of hydrogen-bond donors (Lipinski definition) is 1. The van der Waals surface area contributed by atoms with Gasteiger partial charge in [-0.1, -0.05) is 0 Å². The first-order valence-corrected chi connectivity index (χ1v) is 4.91. The molecule has 13 heavy (non-hydrogen) atoms. The van der Waals surface area contributed by atoms with Gasteiger partial charge >= 0.3 is 0 Å². The second-order valence-corrected chi connectivity index (χ2v) is 3.63. The number of hydrogen-bond acceptors (Lipinski definition) is 3. The normalized spacial score (nSPS) is 9.85. The molecule has 0 radical (unpaired) electrons. The van der Waals surface area contributed by atoms with E-state index >= 15 is 0 Å². The highest BCUT2D eigenvalue weighted by Crippen LogP contribution is 2.33. The Labute approximate surface area is 91.4 Å². The van der Waals surface area contributed by atoms with Crippen molar-refractivity contribution in [1.29, 1.82) is 0 Å². The van der Waals surface area contributed by atoms with Crippen molar-refractivity contribution in [2.45, 2.75) is 6.54 Å². The molecule has 0 aromatic heterocycles. The van der Waals surface area contributed by atoms with Gasteiger partial charge in [0.2, 0.25) is 0 Å². The van der Waals surface area contributed by atoms with Crippen LogP contribution in [-0.4, -0.2) is 14.2 Å². The Morgan fingerprint density at radius 1 is 1.31 bits per heavy atom. The minimum atomic E-state index is 0.457. The number of halogens is 1. The molecule has 1 aromatic carbocycles. The zero-order valence-corrected chi connectivity index (χ0v) is 9.79. The van der Waals surface area contributed by atoms with E-state index in [9.17, 15) is 0 Å². The van der Waals surface area contributed by atoms with Gasteiger partial charge in [0, 0.05) is 15.7 Å². The van der Waals surface area contributed by atoms with Crippen LogP contribution in [0, 0.1) is 3.57 Å². The Hall–Kier alpha value is -0.490. The second-order valence-electron chi connectivity index (χ2n) is 2.47. The third kappa shape index (κ3) is 2.05. The van der Waals surface area contributed by atoms with E-state index in [4.69, 9.17) is 15.2 Å². The van der Waals surface area contributed by atoms with E-state index < -0.39 is 0 Å². The Morgan fingerprint density at radius 3 is 2.46 bits per heavy atom. The first-order chi connectivity index (χ1) is 6.24. The topological polar surface area (TPSA) is 44.5 Å². The van der Waals surface area contributed by atoms with Gasteiger partial charge in [0.25, 0.3) is 0 Å². The summed E-state index contributed by atoms with van der Waals surface area (Å²) in [5, 5.41) is 0. The Balaban J connectivity index is 3.27. The Morgan fingerprint density at radius 2 is 2.00 bits per heavy atom. The minimum absolute atomic E-state index is 0.457. The molecular weight excluding hydrogens is 281 g/mol. The summed E-state index contributed by atoms with van der Waals surface area (Å²) in [6.07, 6.45) is 0. The molecule has 0 aliphatic carbocycles. The summed E-state index contributed by atoms with van der Waals surface area (Å²) in [7, 11) is 3.23. The summed E-state index contributed by atoms with van der Waals surface area (Å²) >= 11 is 2.23. The number of nitrogens with two attached hydrogens (primary N) is 1. The Bertz CT molecular complexity index is 302. The molecule has 3 nitrogen and oxygen atoms in total. The highest BCUT2D eigenvalue weighted by atomic mass is 127. The van der Waals surface area contributed by atoms with Crippen LogP contribution in [0.15, 0.2) is 12.1 Å². The van der Waals surface area contributed by atoms with E-state index in [1.54, 1.807) is 14.2 Å². The number of ether oxygens (including phenoxy) is 2. The standard InChI is InChI=1S/C9H12INO2/c1-12-8-4-3-7(10)6(5-11)9(8)13-2/h3-4H,5,11H2,1-2H3. The van der Waals surface area contributed by atoms with Crippen LogP contribution in [-0.2, 0) is 6.54 Å².